The zero-order valence-electron chi connectivity index (χ0n) is 14.2. The van der Waals surface area contributed by atoms with Crippen LogP contribution in [0.3, 0.4) is 0 Å². The molecular formula is C18H20Cl2N2O2S2. The predicted molar refractivity (Wildman–Crippen MR) is 107 cm³/mol. The third-order valence-corrected chi connectivity index (χ3v) is 8.93. The van der Waals surface area contributed by atoms with Crippen LogP contribution in [0.1, 0.15) is 23.3 Å². The molecule has 2 aliphatic rings. The van der Waals surface area contributed by atoms with Crippen molar-refractivity contribution in [3.8, 4) is 0 Å². The van der Waals surface area contributed by atoms with Crippen molar-refractivity contribution < 1.29 is 8.42 Å². The van der Waals surface area contributed by atoms with Crippen LogP contribution in [0, 0.1) is 0 Å². The smallest absolute Gasteiger partial charge is 0.244 e. The minimum atomic E-state index is -3.61. The lowest BCUT2D eigenvalue weighted by atomic mass is 10.0. The zero-order chi connectivity index (χ0) is 18.3. The van der Waals surface area contributed by atoms with E-state index in [-0.39, 0.29) is 9.92 Å². The number of hydrogen-bond acceptors (Lipinski definition) is 4. The van der Waals surface area contributed by atoms with Crippen LogP contribution in [0.15, 0.2) is 34.5 Å². The number of piperidine rings is 1. The Hall–Kier alpha value is -0.630. The molecule has 0 saturated carbocycles. The normalized spacial score (nSPS) is 20.2. The van der Waals surface area contributed by atoms with E-state index in [1.807, 2.05) is 11.3 Å². The third kappa shape index (κ3) is 3.55. The van der Waals surface area contributed by atoms with Gasteiger partial charge in [0.2, 0.25) is 10.0 Å². The lowest BCUT2D eigenvalue weighted by Gasteiger charge is -2.39. The fourth-order valence-electron chi connectivity index (χ4n) is 3.84. The molecule has 0 amide bonds. The maximum atomic E-state index is 12.9. The molecule has 1 fully saturated rings. The van der Waals surface area contributed by atoms with Crippen LogP contribution < -0.4 is 0 Å². The summed E-state index contributed by atoms with van der Waals surface area (Å²) in [6.45, 7) is 3.08. The van der Waals surface area contributed by atoms with Crippen LogP contribution in [-0.4, -0.2) is 43.3 Å². The molecule has 8 heteroatoms. The van der Waals surface area contributed by atoms with Crippen molar-refractivity contribution in [2.24, 2.45) is 0 Å². The van der Waals surface area contributed by atoms with Crippen molar-refractivity contribution in [1.29, 1.82) is 0 Å². The first-order valence-corrected chi connectivity index (χ1v) is 11.8. The van der Waals surface area contributed by atoms with Crippen molar-refractivity contribution in [2.75, 3.05) is 19.6 Å². The summed E-state index contributed by atoms with van der Waals surface area (Å²) in [4.78, 5) is 4.11. The molecule has 0 unspecified atom stereocenters. The number of hydrogen-bond donors (Lipinski definition) is 0. The van der Waals surface area contributed by atoms with Gasteiger partial charge in [-0.1, -0.05) is 23.2 Å². The monoisotopic (exact) mass is 430 g/mol. The summed E-state index contributed by atoms with van der Waals surface area (Å²) in [6, 6.07) is 7.23. The molecule has 1 aromatic carbocycles. The van der Waals surface area contributed by atoms with Crippen LogP contribution in [0.4, 0.5) is 0 Å². The van der Waals surface area contributed by atoms with Gasteiger partial charge in [0.05, 0.1) is 5.02 Å². The van der Waals surface area contributed by atoms with E-state index in [9.17, 15) is 8.42 Å². The molecule has 2 aromatic rings. The van der Waals surface area contributed by atoms with Crippen LogP contribution in [-0.2, 0) is 23.0 Å². The number of benzene rings is 1. The Balaban J connectivity index is 1.44. The molecule has 1 aromatic heterocycles. The highest BCUT2D eigenvalue weighted by atomic mass is 35.5. The Morgan fingerprint density at radius 1 is 1.08 bits per heavy atom. The number of nitrogens with zero attached hydrogens (tertiary/aromatic N) is 2. The lowest BCUT2D eigenvalue weighted by Crippen LogP contribution is -2.47. The van der Waals surface area contributed by atoms with Gasteiger partial charge < -0.3 is 0 Å². The topological polar surface area (TPSA) is 40.6 Å². The summed E-state index contributed by atoms with van der Waals surface area (Å²) in [5.74, 6) is 0. The zero-order valence-corrected chi connectivity index (χ0v) is 17.3. The molecule has 0 aliphatic carbocycles. The fraction of sp³-hybridized carbons (Fsp3) is 0.444. The first-order chi connectivity index (χ1) is 12.4. The Labute approximate surface area is 168 Å². The SMILES string of the molecule is O=S(=O)(c1cc(Cl)ccc1Cl)N1CCC(N2CCc3sccc3C2)CC1. The van der Waals surface area contributed by atoms with Crippen LogP contribution in [0.2, 0.25) is 10.0 Å². The Morgan fingerprint density at radius 2 is 1.85 bits per heavy atom. The summed E-state index contributed by atoms with van der Waals surface area (Å²) >= 11 is 13.9. The largest absolute Gasteiger partial charge is 0.296 e. The Bertz CT molecular complexity index is 906. The highest BCUT2D eigenvalue weighted by molar-refractivity contribution is 7.89. The summed E-state index contributed by atoms with van der Waals surface area (Å²) < 4.78 is 27.4. The van der Waals surface area contributed by atoms with E-state index in [1.165, 1.54) is 22.6 Å². The van der Waals surface area contributed by atoms with E-state index in [0.29, 0.717) is 24.2 Å². The maximum absolute atomic E-state index is 12.9. The van der Waals surface area contributed by atoms with Gasteiger partial charge in [0.1, 0.15) is 4.90 Å². The van der Waals surface area contributed by atoms with E-state index in [4.69, 9.17) is 23.2 Å². The molecule has 4 nitrogen and oxygen atoms in total. The van der Waals surface area contributed by atoms with Crippen molar-refractivity contribution >= 4 is 44.6 Å². The summed E-state index contributed by atoms with van der Waals surface area (Å²) in [7, 11) is -3.61. The van der Waals surface area contributed by atoms with Gasteiger partial charge in [-0.25, -0.2) is 8.42 Å². The van der Waals surface area contributed by atoms with Gasteiger partial charge in [0, 0.05) is 42.1 Å². The van der Waals surface area contributed by atoms with Gasteiger partial charge >= 0.3 is 0 Å². The predicted octanol–water partition coefficient (Wildman–Crippen LogP) is 4.27. The van der Waals surface area contributed by atoms with Crippen molar-refractivity contribution in [3.63, 3.8) is 0 Å². The third-order valence-electron chi connectivity index (χ3n) is 5.29. The fourth-order valence-corrected chi connectivity index (χ4v) is 6.94. The van der Waals surface area contributed by atoms with Gasteiger partial charge in [-0.15, -0.1) is 11.3 Å². The van der Waals surface area contributed by atoms with Crippen LogP contribution >= 0.6 is 34.5 Å². The van der Waals surface area contributed by atoms with E-state index in [1.54, 1.807) is 10.4 Å². The van der Waals surface area contributed by atoms with E-state index in [0.717, 1.165) is 32.4 Å². The molecule has 2 aliphatic heterocycles. The first kappa shape index (κ1) is 18.7. The molecule has 0 spiro atoms. The number of fused-ring (bicyclic) bond motifs is 1. The number of rotatable bonds is 3. The molecular weight excluding hydrogens is 411 g/mol. The second kappa shape index (κ2) is 7.41. The van der Waals surface area contributed by atoms with E-state index in [2.05, 4.69) is 16.3 Å². The highest BCUT2D eigenvalue weighted by Crippen LogP contribution is 2.32. The number of sulfonamides is 1. The standard InChI is InChI=1S/C18H20Cl2N2O2S2/c19-14-1-2-16(20)18(11-14)26(23,24)22-8-3-15(4-9-22)21-7-5-17-13(12-21)6-10-25-17/h1-2,6,10-11,15H,3-5,7-9,12H2. The summed E-state index contributed by atoms with van der Waals surface area (Å²) in [5.41, 5.74) is 1.43. The molecule has 140 valence electrons. The number of halogens is 2. The molecule has 1 saturated heterocycles. The second-order valence-corrected chi connectivity index (χ2v) is 10.6. The highest BCUT2D eigenvalue weighted by Gasteiger charge is 2.33. The van der Waals surface area contributed by atoms with Gasteiger partial charge in [0.15, 0.2) is 0 Å². The van der Waals surface area contributed by atoms with Gasteiger partial charge in [0.25, 0.3) is 0 Å². The molecule has 0 radical (unpaired) electrons. The quantitative estimate of drug-likeness (QED) is 0.729. The average Bonchev–Trinajstić information content (AvgIpc) is 3.11. The van der Waals surface area contributed by atoms with Crippen molar-refractivity contribution in [3.05, 3.63) is 50.1 Å². The lowest BCUT2D eigenvalue weighted by molar-refractivity contribution is 0.127. The minimum Gasteiger partial charge on any atom is -0.296 e. The molecule has 3 heterocycles. The summed E-state index contributed by atoms with van der Waals surface area (Å²) in [5, 5.41) is 2.76. The maximum Gasteiger partial charge on any atom is 0.244 e. The van der Waals surface area contributed by atoms with Crippen LogP contribution in [0.5, 0.6) is 0 Å². The molecule has 0 N–H and O–H groups in total. The first-order valence-electron chi connectivity index (χ1n) is 8.69. The molecule has 0 atom stereocenters. The van der Waals surface area contributed by atoms with Gasteiger partial charge in [-0.3, -0.25) is 4.90 Å². The van der Waals surface area contributed by atoms with Gasteiger partial charge in [-0.05, 0) is 54.5 Å². The van der Waals surface area contributed by atoms with E-state index >= 15 is 0 Å². The molecule has 4 rings (SSSR count). The van der Waals surface area contributed by atoms with Gasteiger partial charge in [-0.2, -0.15) is 4.31 Å². The Morgan fingerprint density at radius 3 is 2.62 bits per heavy atom. The van der Waals surface area contributed by atoms with Crippen LogP contribution in [0.25, 0.3) is 0 Å². The molecule has 0 bridgehead atoms. The average molecular weight is 431 g/mol. The molecule has 26 heavy (non-hydrogen) atoms. The summed E-state index contributed by atoms with van der Waals surface area (Å²) in [6.07, 6.45) is 2.79. The van der Waals surface area contributed by atoms with Crippen molar-refractivity contribution in [2.45, 2.75) is 36.7 Å². The number of thiophene rings is 1. The minimum absolute atomic E-state index is 0.103. The van der Waals surface area contributed by atoms with E-state index < -0.39 is 10.0 Å². The Kier molecular flexibility index (Phi) is 5.34. The van der Waals surface area contributed by atoms with Crippen molar-refractivity contribution in [1.82, 2.24) is 9.21 Å². The second-order valence-electron chi connectivity index (χ2n) is 6.80.